The highest BCUT2D eigenvalue weighted by molar-refractivity contribution is 5.46. The van der Waals surface area contributed by atoms with Gasteiger partial charge in [0, 0.05) is 18.3 Å². The minimum absolute atomic E-state index is 0.402. The van der Waals surface area contributed by atoms with Gasteiger partial charge in [-0.05, 0) is 31.0 Å². The van der Waals surface area contributed by atoms with Crippen molar-refractivity contribution in [2.24, 2.45) is 5.84 Å². The van der Waals surface area contributed by atoms with Crippen LogP contribution in [0.2, 0.25) is 0 Å². The summed E-state index contributed by atoms with van der Waals surface area (Å²) in [5.74, 6) is 7.36. The molecular weight excluding hydrogens is 254 g/mol. The highest BCUT2D eigenvalue weighted by Gasteiger charge is 2.03. The van der Waals surface area contributed by atoms with E-state index in [0.29, 0.717) is 5.95 Å². The maximum Gasteiger partial charge on any atom is 0.239 e. The Morgan fingerprint density at radius 2 is 2.20 bits per heavy atom. The molecule has 4 N–H and O–H groups in total. The summed E-state index contributed by atoms with van der Waals surface area (Å²) in [7, 11) is 1.67. The summed E-state index contributed by atoms with van der Waals surface area (Å²) in [5.41, 5.74) is 4.63. The first kappa shape index (κ1) is 14.1. The Kier molecular flexibility index (Phi) is 4.73. The summed E-state index contributed by atoms with van der Waals surface area (Å²) >= 11 is 0. The Bertz CT molecular complexity index is 573. The molecule has 20 heavy (non-hydrogen) atoms. The third kappa shape index (κ3) is 3.58. The Morgan fingerprint density at radius 3 is 2.95 bits per heavy atom. The van der Waals surface area contributed by atoms with Gasteiger partial charge in [-0.3, -0.25) is 5.43 Å². The van der Waals surface area contributed by atoms with E-state index in [0.717, 1.165) is 30.1 Å². The fourth-order valence-corrected chi connectivity index (χ4v) is 1.84. The minimum atomic E-state index is 0.402. The summed E-state index contributed by atoms with van der Waals surface area (Å²) in [6.45, 7) is 2.73. The molecule has 0 atom stereocenters. The standard InChI is InChI=1S/C14H19N5O/c1-10-9-17-14(19-15)18-13(10)16-7-6-11-4-3-5-12(8-11)20-2/h3-5,8-9H,6-7,15H2,1-2H3,(H2,16,17,18,19). The summed E-state index contributed by atoms with van der Waals surface area (Å²) in [5, 5.41) is 3.29. The minimum Gasteiger partial charge on any atom is -0.497 e. The zero-order valence-electron chi connectivity index (χ0n) is 11.7. The summed E-state index contributed by atoms with van der Waals surface area (Å²) in [4.78, 5) is 8.32. The monoisotopic (exact) mass is 273 g/mol. The van der Waals surface area contributed by atoms with Crippen molar-refractivity contribution >= 4 is 11.8 Å². The lowest BCUT2D eigenvalue weighted by molar-refractivity contribution is 0.414. The van der Waals surface area contributed by atoms with Crippen molar-refractivity contribution in [2.45, 2.75) is 13.3 Å². The number of nitrogen functional groups attached to an aromatic ring is 1. The molecule has 2 rings (SSSR count). The lowest BCUT2D eigenvalue weighted by Gasteiger charge is -2.10. The average Bonchev–Trinajstić information content (AvgIpc) is 2.49. The Morgan fingerprint density at radius 1 is 1.35 bits per heavy atom. The van der Waals surface area contributed by atoms with Crippen LogP contribution in [0.3, 0.4) is 0 Å². The van der Waals surface area contributed by atoms with Crippen LogP contribution in [-0.4, -0.2) is 23.6 Å². The highest BCUT2D eigenvalue weighted by Crippen LogP contribution is 2.14. The molecule has 106 valence electrons. The molecule has 0 saturated heterocycles. The Balaban J connectivity index is 1.95. The van der Waals surface area contributed by atoms with Crippen molar-refractivity contribution in [3.63, 3.8) is 0 Å². The van der Waals surface area contributed by atoms with Gasteiger partial charge in [-0.15, -0.1) is 0 Å². The first-order valence-electron chi connectivity index (χ1n) is 6.40. The van der Waals surface area contributed by atoms with Gasteiger partial charge in [0.25, 0.3) is 0 Å². The van der Waals surface area contributed by atoms with Crippen molar-refractivity contribution in [3.8, 4) is 5.75 Å². The van der Waals surface area contributed by atoms with Crippen molar-refractivity contribution in [1.82, 2.24) is 9.97 Å². The van der Waals surface area contributed by atoms with E-state index in [1.807, 2.05) is 25.1 Å². The molecule has 0 bridgehead atoms. The van der Waals surface area contributed by atoms with E-state index in [9.17, 15) is 0 Å². The molecule has 0 aliphatic carbocycles. The van der Waals surface area contributed by atoms with Gasteiger partial charge in [-0.25, -0.2) is 10.8 Å². The van der Waals surface area contributed by atoms with Crippen LogP contribution in [0.25, 0.3) is 0 Å². The normalized spacial score (nSPS) is 10.2. The van der Waals surface area contributed by atoms with Crippen LogP contribution in [0.5, 0.6) is 5.75 Å². The molecule has 0 unspecified atom stereocenters. The van der Waals surface area contributed by atoms with E-state index in [1.54, 1.807) is 13.3 Å². The number of hydrazine groups is 1. The number of benzene rings is 1. The molecule has 0 amide bonds. The first-order valence-corrected chi connectivity index (χ1v) is 6.40. The van der Waals surface area contributed by atoms with Gasteiger partial charge in [0.15, 0.2) is 0 Å². The van der Waals surface area contributed by atoms with Gasteiger partial charge >= 0.3 is 0 Å². The molecule has 0 aliphatic rings. The van der Waals surface area contributed by atoms with Crippen LogP contribution in [0.15, 0.2) is 30.5 Å². The SMILES string of the molecule is COc1cccc(CCNc2nc(NN)ncc2C)c1. The number of hydrogen-bond donors (Lipinski definition) is 3. The van der Waals surface area contributed by atoms with E-state index < -0.39 is 0 Å². The maximum atomic E-state index is 5.30. The second kappa shape index (κ2) is 6.72. The predicted octanol–water partition coefficient (Wildman–Crippen LogP) is 1.73. The number of aryl methyl sites for hydroxylation is 1. The van der Waals surface area contributed by atoms with Crippen LogP contribution in [-0.2, 0) is 6.42 Å². The van der Waals surface area contributed by atoms with Crippen molar-refractivity contribution < 1.29 is 4.74 Å². The molecule has 0 aliphatic heterocycles. The predicted molar refractivity (Wildman–Crippen MR) is 79.8 cm³/mol. The molecule has 6 nitrogen and oxygen atoms in total. The lowest BCUT2D eigenvalue weighted by Crippen LogP contribution is -2.13. The highest BCUT2D eigenvalue weighted by atomic mass is 16.5. The van der Waals surface area contributed by atoms with Crippen molar-refractivity contribution in [1.29, 1.82) is 0 Å². The van der Waals surface area contributed by atoms with Gasteiger partial charge in [0.1, 0.15) is 11.6 Å². The largest absolute Gasteiger partial charge is 0.497 e. The van der Waals surface area contributed by atoms with Crippen LogP contribution in [0, 0.1) is 6.92 Å². The fraction of sp³-hybridized carbons (Fsp3) is 0.286. The Hall–Kier alpha value is -2.34. The topological polar surface area (TPSA) is 85.1 Å². The molecule has 0 saturated carbocycles. The average molecular weight is 273 g/mol. The number of nitrogens with two attached hydrogens (primary N) is 1. The van der Waals surface area contributed by atoms with Crippen LogP contribution in [0.4, 0.5) is 11.8 Å². The molecule has 0 radical (unpaired) electrons. The summed E-state index contributed by atoms with van der Waals surface area (Å²) < 4.78 is 5.21. The number of methoxy groups -OCH3 is 1. The van der Waals surface area contributed by atoms with Crippen LogP contribution in [0.1, 0.15) is 11.1 Å². The van der Waals surface area contributed by atoms with Gasteiger partial charge < -0.3 is 10.1 Å². The molecule has 2 aromatic rings. The van der Waals surface area contributed by atoms with Crippen LogP contribution >= 0.6 is 0 Å². The number of nitrogens with one attached hydrogen (secondary N) is 2. The first-order chi connectivity index (χ1) is 9.72. The van der Waals surface area contributed by atoms with E-state index in [2.05, 4.69) is 26.8 Å². The quantitative estimate of drug-likeness (QED) is 0.549. The molecule has 1 aromatic heterocycles. The summed E-state index contributed by atoms with van der Waals surface area (Å²) in [6.07, 6.45) is 2.61. The maximum absolute atomic E-state index is 5.30. The third-order valence-electron chi connectivity index (χ3n) is 2.94. The van der Waals surface area contributed by atoms with Gasteiger partial charge in [-0.2, -0.15) is 4.98 Å². The molecule has 6 heteroatoms. The number of aromatic nitrogens is 2. The number of ether oxygens (including phenoxy) is 1. The van der Waals surface area contributed by atoms with Crippen molar-refractivity contribution in [2.75, 3.05) is 24.4 Å². The zero-order chi connectivity index (χ0) is 14.4. The van der Waals surface area contributed by atoms with Gasteiger partial charge in [-0.1, -0.05) is 12.1 Å². The van der Waals surface area contributed by atoms with E-state index in [1.165, 1.54) is 5.56 Å². The summed E-state index contributed by atoms with van der Waals surface area (Å²) in [6, 6.07) is 8.02. The molecule has 0 fully saturated rings. The number of hydrogen-bond acceptors (Lipinski definition) is 6. The molecular formula is C14H19N5O. The second-order valence-electron chi connectivity index (χ2n) is 4.40. The smallest absolute Gasteiger partial charge is 0.239 e. The van der Waals surface area contributed by atoms with E-state index in [-0.39, 0.29) is 0 Å². The van der Waals surface area contributed by atoms with Gasteiger partial charge in [0.2, 0.25) is 5.95 Å². The zero-order valence-corrected chi connectivity index (χ0v) is 11.7. The van der Waals surface area contributed by atoms with E-state index in [4.69, 9.17) is 10.6 Å². The van der Waals surface area contributed by atoms with Crippen LogP contribution < -0.4 is 21.3 Å². The van der Waals surface area contributed by atoms with E-state index >= 15 is 0 Å². The second-order valence-corrected chi connectivity index (χ2v) is 4.40. The number of rotatable bonds is 6. The molecule has 1 heterocycles. The number of nitrogens with zero attached hydrogens (tertiary/aromatic N) is 2. The molecule has 1 aromatic carbocycles. The lowest BCUT2D eigenvalue weighted by atomic mass is 10.1. The fourth-order valence-electron chi connectivity index (χ4n) is 1.84. The molecule has 0 spiro atoms. The van der Waals surface area contributed by atoms with Crippen molar-refractivity contribution in [3.05, 3.63) is 41.6 Å². The number of anilines is 2. The third-order valence-corrected chi connectivity index (χ3v) is 2.94. The Labute approximate surface area is 118 Å². The van der Waals surface area contributed by atoms with Gasteiger partial charge in [0.05, 0.1) is 7.11 Å².